The summed E-state index contributed by atoms with van der Waals surface area (Å²) in [5.74, 6) is -1.23. The van der Waals surface area contributed by atoms with Gasteiger partial charge in [-0.2, -0.15) is 0 Å². The van der Waals surface area contributed by atoms with E-state index in [2.05, 4.69) is 10.1 Å². The van der Waals surface area contributed by atoms with Gasteiger partial charge in [0.15, 0.2) is 0 Å². The average molecular weight is 454 g/mol. The zero-order valence-electron chi connectivity index (χ0n) is 18.0. The van der Waals surface area contributed by atoms with E-state index in [9.17, 15) is 19.2 Å². The summed E-state index contributed by atoms with van der Waals surface area (Å²) in [4.78, 5) is 52.0. The predicted molar refractivity (Wildman–Crippen MR) is 124 cm³/mol. The van der Waals surface area contributed by atoms with Crippen LogP contribution in [-0.2, 0) is 14.3 Å². The smallest absolute Gasteiger partial charge is 0.337 e. The van der Waals surface area contributed by atoms with Crippen molar-refractivity contribution in [1.82, 2.24) is 4.90 Å². The minimum Gasteiger partial charge on any atom is -0.465 e. The van der Waals surface area contributed by atoms with Gasteiger partial charge in [0, 0.05) is 38.4 Å². The summed E-state index contributed by atoms with van der Waals surface area (Å²) >= 11 is 0.862. The van der Waals surface area contributed by atoms with Crippen molar-refractivity contribution in [3.63, 3.8) is 0 Å². The second-order valence-corrected chi connectivity index (χ2v) is 8.18. The Balaban J connectivity index is 1.57. The van der Waals surface area contributed by atoms with Crippen LogP contribution in [0.4, 0.5) is 16.2 Å². The molecule has 1 fully saturated rings. The van der Waals surface area contributed by atoms with E-state index in [1.807, 2.05) is 43.3 Å². The number of nitrogens with zero attached hydrogens (tertiary/aromatic N) is 2. The van der Waals surface area contributed by atoms with Crippen LogP contribution < -0.4 is 10.2 Å². The molecule has 0 saturated carbocycles. The van der Waals surface area contributed by atoms with Crippen LogP contribution >= 0.6 is 11.8 Å². The van der Waals surface area contributed by atoms with Crippen LogP contribution in [0.15, 0.2) is 53.4 Å². The summed E-state index contributed by atoms with van der Waals surface area (Å²) in [5.41, 5.74) is 2.71. The van der Waals surface area contributed by atoms with E-state index in [0.717, 1.165) is 27.9 Å². The zero-order chi connectivity index (χ0) is 23.3. The Kier molecular flexibility index (Phi) is 7.32. The predicted octanol–water partition coefficient (Wildman–Crippen LogP) is 3.60. The summed E-state index contributed by atoms with van der Waals surface area (Å²) in [6.07, 6.45) is 1.63. The van der Waals surface area contributed by atoms with Crippen LogP contribution in [0.1, 0.15) is 22.3 Å². The molecule has 0 atom stereocenters. The van der Waals surface area contributed by atoms with E-state index in [1.165, 1.54) is 19.2 Å². The van der Waals surface area contributed by atoms with E-state index in [4.69, 9.17) is 0 Å². The van der Waals surface area contributed by atoms with Crippen molar-refractivity contribution < 1.29 is 23.9 Å². The Hall–Kier alpha value is -3.59. The first-order valence-electron chi connectivity index (χ1n) is 9.79. The fourth-order valence-electron chi connectivity index (χ4n) is 2.96. The number of imide groups is 1. The van der Waals surface area contributed by atoms with E-state index in [-0.39, 0.29) is 18.9 Å². The van der Waals surface area contributed by atoms with Crippen molar-refractivity contribution >= 4 is 52.2 Å². The molecule has 0 bridgehead atoms. The van der Waals surface area contributed by atoms with Crippen molar-refractivity contribution in [2.75, 3.05) is 38.0 Å². The first-order chi connectivity index (χ1) is 15.3. The van der Waals surface area contributed by atoms with Crippen LogP contribution in [0.2, 0.25) is 0 Å². The van der Waals surface area contributed by atoms with Crippen LogP contribution in [0.5, 0.6) is 0 Å². The van der Waals surface area contributed by atoms with Crippen LogP contribution in [0.3, 0.4) is 0 Å². The minimum atomic E-state index is -0.469. The van der Waals surface area contributed by atoms with Crippen molar-refractivity contribution in [1.29, 1.82) is 0 Å². The van der Waals surface area contributed by atoms with Gasteiger partial charge in [-0.15, -0.1) is 0 Å². The lowest BCUT2D eigenvalue weighted by molar-refractivity contribution is -0.123. The Labute approximate surface area is 190 Å². The highest BCUT2D eigenvalue weighted by Crippen LogP contribution is 2.32. The highest BCUT2D eigenvalue weighted by molar-refractivity contribution is 8.18. The highest BCUT2D eigenvalue weighted by Gasteiger charge is 2.35. The molecule has 166 valence electrons. The van der Waals surface area contributed by atoms with Gasteiger partial charge in [-0.1, -0.05) is 12.1 Å². The molecule has 1 N–H and O–H groups in total. The van der Waals surface area contributed by atoms with Crippen LogP contribution in [0.25, 0.3) is 6.08 Å². The van der Waals surface area contributed by atoms with E-state index >= 15 is 0 Å². The van der Waals surface area contributed by atoms with Gasteiger partial charge in [0.25, 0.3) is 11.1 Å². The van der Waals surface area contributed by atoms with Gasteiger partial charge in [0.1, 0.15) is 0 Å². The molecule has 2 aromatic carbocycles. The van der Waals surface area contributed by atoms with Crippen molar-refractivity contribution in [2.24, 2.45) is 0 Å². The lowest BCUT2D eigenvalue weighted by Crippen LogP contribution is -2.31. The molecule has 3 amide bonds. The summed E-state index contributed by atoms with van der Waals surface area (Å²) < 4.78 is 4.63. The van der Waals surface area contributed by atoms with Gasteiger partial charge in [-0.3, -0.25) is 19.3 Å². The summed E-state index contributed by atoms with van der Waals surface area (Å²) in [6, 6.07) is 13.8. The number of hydrogen-bond donors (Lipinski definition) is 1. The van der Waals surface area contributed by atoms with Crippen molar-refractivity contribution in [3.8, 4) is 0 Å². The first-order valence-corrected chi connectivity index (χ1v) is 10.6. The lowest BCUT2D eigenvalue weighted by atomic mass is 10.2. The largest absolute Gasteiger partial charge is 0.465 e. The Morgan fingerprint density at radius 1 is 1.06 bits per heavy atom. The Morgan fingerprint density at radius 2 is 1.72 bits per heavy atom. The van der Waals surface area contributed by atoms with Gasteiger partial charge in [-0.05, 0) is 59.8 Å². The standard InChI is InChI=1S/C23H23N3O5S/c1-25(2)18-10-4-15(5-11-18)14-19-21(28)26(23(30)32-19)13-12-20(27)24-17-8-6-16(7-9-17)22(29)31-3/h4-11,14H,12-13H2,1-3H3,(H,24,27)/b19-14-. The number of rotatable bonds is 7. The molecule has 9 heteroatoms. The number of hydrogen-bond acceptors (Lipinski definition) is 7. The van der Waals surface area contributed by atoms with E-state index in [0.29, 0.717) is 16.2 Å². The molecule has 1 saturated heterocycles. The maximum absolute atomic E-state index is 12.6. The monoisotopic (exact) mass is 453 g/mol. The number of ether oxygens (including phenoxy) is 1. The first kappa shape index (κ1) is 23.1. The molecule has 8 nitrogen and oxygen atoms in total. The quantitative estimate of drug-likeness (QED) is 0.505. The number of amides is 3. The fourth-order valence-corrected chi connectivity index (χ4v) is 3.82. The van der Waals surface area contributed by atoms with Crippen LogP contribution in [0, 0.1) is 0 Å². The zero-order valence-corrected chi connectivity index (χ0v) is 18.8. The molecule has 3 rings (SSSR count). The van der Waals surface area contributed by atoms with Crippen LogP contribution in [-0.4, -0.2) is 55.7 Å². The average Bonchev–Trinajstić information content (AvgIpc) is 3.04. The van der Waals surface area contributed by atoms with E-state index < -0.39 is 17.1 Å². The third-order valence-corrected chi connectivity index (χ3v) is 5.64. The molecule has 0 radical (unpaired) electrons. The van der Waals surface area contributed by atoms with Gasteiger partial charge >= 0.3 is 5.97 Å². The maximum Gasteiger partial charge on any atom is 0.337 e. The van der Waals surface area contributed by atoms with Gasteiger partial charge in [0.05, 0.1) is 17.6 Å². The third-order valence-electron chi connectivity index (χ3n) is 4.73. The summed E-state index contributed by atoms with van der Waals surface area (Å²) in [5, 5.41) is 2.28. The maximum atomic E-state index is 12.6. The minimum absolute atomic E-state index is 0.0202. The number of carbonyl (C=O) groups excluding carboxylic acids is 4. The second-order valence-electron chi connectivity index (χ2n) is 7.19. The highest BCUT2D eigenvalue weighted by atomic mass is 32.2. The molecule has 1 aliphatic heterocycles. The SMILES string of the molecule is COC(=O)c1ccc(NC(=O)CCN2C(=O)S/C(=C\c3ccc(N(C)C)cc3)C2=O)cc1. The molecule has 0 aliphatic carbocycles. The Bertz CT molecular complexity index is 1060. The lowest BCUT2D eigenvalue weighted by Gasteiger charge is -2.12. The molecular weight excluding hydrogens is 430 g/mol. The number of methoxy groups -OCH3 is 1. The van der Waals surface area contributed by atoms with Crippen molar-refractivity contribution in [3.05, 3.63) is 64.6 Å². The number of anilines is 2. The van der Waals surface area contributed by atoms with Gasteiger partial charge < -0.3 is 15.0 Å². The number of esters is 1. The molecule has 1 aliphatic rings. The summed E-state index contributed by atoms with van der Waals surface area (Å²) in [7, 11) is 5.17. The van der Waals surface area contributed by atoms with Gasteiger partial charge in [-0.25, -0.2) is 4.79 Å². The molecule has 32 heavy (non-hydrogen) atoms. The Morgan fingerprint density at radius 3 is 2.31 bits per heavy atom. The normalized spacial score (nSPS) is 14.6. The number of carbonyl (C=O) groups is 4. The topological polar surface area (TPSA) is 96.0 Å². The molecule has 0 unspecified atom stereocenters. The number of thioether (sulfide) groups is 1. The van der Waals surface area contributed by atoms with Crippen molar-refractivity contribution in [2.45, 2.75) is 6.42 Å². The molecule has 2 aromatic rings. The summed E-state index contributed by atoms with van der Waals surface area (Å²) in [6.45, 7) is -0.0202. The number of benzene rings is 2. The third kappa shape index (κ3) is 5.55. The fraction of sp³-hybridized carbons (Fsp3) is 0.217. The number of nitrogens with one attached hydrogen (secondary N) is 1. The molecule has 1 heterocycles. The molecular formula is C23H23N3O5S. The molecule has 0 spiro atoms. The van der Waals surface area contributed by atoms with Gasteiger partial charge in [0.2, 0.25) is 5.91 Å². The molecule has 0 aromatic heterocycles. The van der Waals surface area contributed by atoms with E-state index in [1.54, 1.807) is 18.2 Å². The second kappa shape index (κ2) is 10.1.